The third kappa shape index (κ3) is 10.9. The van der Waals surface area contributed by atoms with E-state index in [1.54, 1.807) is 6.92 Å². The molecule has 0 amide bonds. The first-order valence-corrected chi connectivity index (χ1v) is 10.5. The first-order valence-electron chi connectivity index (χ1n) is 10.5. The van der Waals surface area contributed by atoms with Crippen LogP contribution in [0.2, 0.25) is 0 Å². The molecule has 34 heavy (non-hydrogen) atoms. The van der Waals surface area contributed by atoms with Crippen LogP contribution in [0.1, 0.15) is 32.8 Å². The van der Waals surface area contributed by atoms with E-state index in [4.69, 9.17) is 29.4 Å². The summed E-state index contributed by atoms with van der Waals surface area (Å²) in [7, 11) is 2.22. The van der Waals surface area contributed by atoms with Gasteiger partial charge in [0.15, 0.2) is 11.5 Å². The normalized spacial score (nSPS) is 12.2. The largest absolute Gasteiger partial charge is 0.513 e. The Balaban J connectivity index is 2.64. The minimum Gasteiger partial charge on any atom is -0.461 e. The molecule has 0 aromatic heterocycles. The molecule has 2 atom stereocenters. The third-order valence-electron chi connectivity index (χ3n) is 4.16. The Morgan fingerprint density at radius 1 is 0.882 bits per heavy atom. The van der Waals surface area contributed by atoms with Gasteiger partial charge in [-0.25, -0.2) is 14.4 Å². The quantitative estimate of drug-likeness (QED) is 0.278. The minimum absolute atomic E-state index is 0.00134. The van der Waals surface area contributed by atoms with Crippen molar-refractivity contribution in [1.82, 2.24) is 0 Å². The van der Waals surface area contributed by atoms with E-state index in [9.17, 15) is 19.2 Å². The number of rotatable bonds is 11. The molecule has 12 heteroatoms. The molecule has 190 valence electrons. The van der Waals surface area contributed by atoms with Gasteiger partial charge in [-0.2, -0.15) is 0 Å². The molecule has 12 nitrogen and oxygen atoms in total. The molecule has 0 heterocycles. The van der Waals surface area contributed by atoms with Crippen LogP contribution in [0.25, 0.3) is 0 Å². The van der Waals surface area contributed by atoms with E-state index >= 15 is 0 Å². The summed E-state index contributed by atoms with van der Waals surface area (Å²) in [4.78, 5) is 46.7. The van der Waals surface area contributed by atoms with E-state index in [0.29, 0.717) is 17.9 Å². The smallest absolute Gasteiger partial charge is 0.461 e. The van der Waals surface area contributed by atoms with Gasteiger partial charge in [-0.15, -0.1) is 0 Å². The van der Waals surface area contributed by atoms with Crippen LogP contribution >= 0.6 is 0 Å². The summed E-state index contributed by atoms with van der Waals surface area (Å²) in [6.45, 7) is 5.56. The topological polar surface area (TPSA) is 159 Å². The van der Waals surface area contributed by atoms with Crippen molar-refractivity contribution in [3.63, 3.8) is 0 Å². The summed E-state index contributed by atoms with van der Waals surface area (Å²) in [5, 5.41) is 0. The van der Waals surface area contributed by atoms with Gasteiger partial charge >= 0.3 is 24.4 Å². The number of methoxy groups -OCH3 is 2. The second-order valence-corrected chi connectivity index (χ2v) is 7.54. The fourth-order valence-corrected chi connectivity index (χ4v) is 2.36. The number of hydrogen-bond acceptors (Lipinski definition) is 12. The van der Waals surface area contributed by atoms with E-state index < -0.39 is 36.6 Å². The molecule has 0 saturated heterocycles. The molecule has 1 aromatic rings. The van der Waals surface area contributed by atoms with Gasteiger partial charge in [0.2, 0.25) is 0 Å². The van der Waals surface area contributed by atoms with Gasteiger partial charge in [0.25, 0.3) is 0 Å². The maximum Gasteiger partial charge on any atom is 0.513 e. The molecular weight excluding hydrogens is 454 g/mol. The summed E-state index contributed by atoms with van der Waals surface area (Å²) >= 11 is 0. The summed E-state index contributed by atoms with van der Waals surface area (Å²) < 4.78 is 33.8. The van der Waals surface area contributed by atoms with Gasteiger partial charge in [-0.05, 0) is 43.4 Å². The number of hydrogen-bond donors (Lipinski definition) is 1. The van der Waals surface area contributed by atoms with E-state index in [1.165, 1.54) is 18.2 Å². The maximum absolute atomic E-state index is 12.2. The van der Waals surface area contributed by atoms with Gasteiger partial charge in [0, 0.05) is 0 Å². The molecule has 0 spiro atoms. The van der Waals surface area contributed by atoms with Crippen molar-refractivity contribution < 1.29 is 52.3 Å². The average molecular weight is 485 g/mol. The van der Waals surface area contributed by atoms with Crippen LogP contribution in [0.4, 0.5) is 14.4 Å². The fraction of sp³-hybridized carbons (Fsp3) is 0.545. The van der Waals surface area contributed by atoms with Crippen LogP contribution in [0, 0.1) is 5.92 Å². The minimum atomic E-state index is -1.08. The average Bonchev–Trinajstić information content (AvgIpc) is 2.78. The molecule has 0 aliphatic heterocycles. The lowest BCUT2D eigenvalue weighted by molar-refractivity contribution is -0.148. The van der Waals surface area contributed by atoms with Crippen LogP contribution in [-0.4, -0.2) is 64.0 Å². The van der Waals surface area contributed by atoms with Crippen LogP contribution in [0.15, 0.2) is 18.2 Å². The zero-order chi connectivity index (χ0) is 25.7. The molecule has 0 bridgehead atoms. The van der Waals surface area contributed by atoms with Crippen LogP contribution in [0.5, 0.6) is 11.5 Å². The monoisotopic (exact) mass is 485 g/mol. The fourth-order valence-electron chi connectivity index (χ4n) is 2.36. The first-order chi connectivity index (χ1) is 16.0. The van der Waals surface area contributed by atoms with Crippen molar-refractivity contribution in [3.8, 4) is 11.5 Å². The van der Waals surface area contributed by atoms with E-state index in [-0.39, 0.29) is 31.1 Å². The number of carbonyl (C=O) groups is 4. The second-order valence-electron chi connectivity index (χ2n) is 7.54. The highest BCUT2D eigenvalue weighted by molar-refractivity contribution is 5.76. The van der Waals surface area contributed by atoms with E-state index in [2.05, 4.69) is 9.47 Å². The molecular formula is C22H31NO11. The van der Waals surface area contributed by atoms with Gasteiger partial charge in [-0.1, -0.05) is 19.9 Å². The second kappa shape index (κ2) is 14.6. The SMILES string of the molecule is COC(=O)Oc1ccc(C[C@H](N)C(=O)OC[C@H](C)OC(=O)OCCC(C)C)cc1OC(=O)OC. The van der Waals surface area contributed by atoms with E-state index in [1.807, 2.05) is 13.8 Å². The van der Waals surface area contributed by atoms with Crippen molar-refractivity contribution in [2.45, 2.75) is 45.8 Å². The molecule has 0 radical (unpaired) electrons. The number of nitrogens with two attached hydrogens (primary N) is 1. The predicted octanol–water partition coefficient (Wildman–Crippen LogP) is 2.98. The summed E-state index contributed by atoms with van der Waals surface area (Å²) in [6, 6.07) is 3.11. The molecule has 0 aliphatic rings. The number of carbonyl (C=O) groups excluding carboxylic acids is 4. The lowest BCUT2D eigenvalue weighted by Crippen LogP contribution is -2.36. The van der Waals surface area contributed by atoms with Crippen molar-refractivity contribution in [3.05, 3.63) is 23.8 Å². The molecule has 0 unspecified atom stereocenters. The number of benzene rings is 1. The molecule has 0 saturated carbocycles. The highest BCUT2D eigenvalue weighted by Gasteiger charge is 2.21. The summed E-state index contributed by atoms with van der Waals surface area (Å²) in [6.07, 6.45) is -2.95. The zero-order valence-corrected chi connectivity index (χ0v) is 19.9. The standard InChI is InChI=1S/C22H31NO11/c1-13(2)8-9-30-22(27)32-14(3)12-31-19(24)16(23)10-15-6-7-17(33-20(25)28-4)18(11-15)34-21(26)29-5/h6-7,11,13-14,16H,8-10,12,23H2,1-5H3/t14-,16-/m0/s1. The Hall–Kier alpha value is -3.54. The van der Waals surface area contributed by atoms with E-state index in [0.717, 1.165) is 14.2 Å². The zero-order valence-electron chi connectivity index (χ0n) is 19.9. The molecule has 1 aromatic carbocycles. The predicted molar refractivity (Wildman–Crippen MR) is 116 cm³/mol. The Kier molecular flexibility index (Phi) is 12.2. The Morgan fingerprint density at radius 2 is 1.50 bits per heavy atom. The van der Waals surface area contributed by atoms with Crippen molar-refractivity contribution in [2.75, 3.05) is 27.4 Å². The Morgan fingerprint density at radius 3 is 2.09 bits per heavy atom. The van der Waals surface area contributed by atoms with Crippen LogP contribution in [0.3, 0.4) is 0 Å². The summed E-state index contributed by atoms with van der Waals surface area (Å²) in [5.41, 5.74) is 6.37. The third-order valence-corrected chi connectivity index (χ3v) is 4.16. The van der Waals surface area contributed by atoms with Gasteiger partial charge in [-0.3, -0.25) is 4.79 Å². The van der Waals surface area contributed by atoms with Crippen molar-refractivity contribution in [2.24, 2.45) is 11.7 Å². The van der Waals surface area contributed by atoms with Crippen molar-refractivity contribution >= 4 is 24.4 Å². The molecule has 0 fully saturated rings. The number of ether oxygens (including phenoxy) is 7. The first kappa shape index (κ1) is 28.5. The lowest BCUT2D eigenvalue weighted by atomic mass is 10.1. The molecule has 1 rings (SSSR count). The van der Waals surface area contributed by atoms with Crippen molar-refractivity contribution in [1.29, 1.82) is 0 Å². The van der Waals surface area contributed by atoms with Gasteiger partial charge < -0.3 is 38.9 Å². The number of esters is 1. The maximum atomic E-state index is 12.2. The highest BCUT2D eigenvalue weighted by Crippen LogP contribution is 2.29. The Bertz CT molecular complexity index is 840. The summed E-state index contributed by atoms with van der Waals surface area (Å²) in [5.74, 6) is -0.613. The lowest BCUT2D eigenvalue weighted by Gasteiger charge is -2.16. The Labute approximate surface area is 197 Å². The highest BCUT2D eigenvalue weighted by atomic mass is 16.7. The molecule has 0 aliphatic carbocycles. The van der Waals surface area contributed by atoms with Crippen LogP contribution in [-0.2, 0) is 34.9 Å². The van der Waals surface area contributed by atoms with Crippen LogP contribution < -0.4 is 15.2 Å². The molecule has 2 N–H and O–H groups in total. The van der Waals surface area contributed by atoms with Gasteiger partial charge in [0.05, 0.1) is 20.8 Å². The van der Waals surface area contributed by atoms with Gasteiger partial charge in [0.1, 0.15) is 18.8 Å².